The molecule has 1 heterocycles. The van der Waals surface area contributed by atoms with Gasteiger partial charge in [-0.05, 0) is 51.0 Å². The fourth-order valence-electron chi connectivity index (χ4n) is 2.92. The van der Waals surface area contributed by atoms with Crippen molar-refractivity contribution in [2.45, 2.75) is 39.8 Å². The maximum atomic E-state index is 12.9. The number of halogens is 1. The summed E-state index contributed by atoms with van der Waals surface area (Å²) in [7, 11) is 0. The number of ether oxygens (including phenoxy) is 1. The van der Waals surface area contributed by atoms with Crippen LogP contribution in [0.5, 0.6) is 0 Å². The van der Waals surface area contributed by atoms with Crippen molar-refractivity contribution in [2.75, 3.05) is 6.61 Å². The average molecular weight is 362 g/mol. The Hall–Kier alpha value is -2.67. The first-order valence-electron chi connectivity index (χ1n) is 8.29. The predicted octanol–water partition coefficient (Wildman–Crippen LogP) is 2.86. The molecule has 1 aromatic heterocycles. The van der Waals surface area contributed by atoms with Crippen LogP contribution in [-0.2, 0) is 9.53 Å². The average Bonchev–Trinajstić information content (AvgIpc) is 2.87. The van der Waals surface area contributed by atoms with Crippen LogP contribution < -0.4 is 5.32 Å². The number of rotatable bonds is 6. The second kappa shape index (κ2) is 8.14. The third-order valence-electron chi connectivity index (χ3n) is 4.20. The largest absolute Gasteiger partial charge is 0.451 e. The van der Waals surface area contributed by atoms with Gasteiger partial charge in [0, 0.05) is 11.3 Å². The van der Waals surface area contributed by atoms with Gasteiger partial charge in [0.2, 0.25) is 0 Å². The number of benzene rings is 1. The lowest BCUT2D eigenvalue weighted by Crippen LogP contribution is -2.31. The minimum Gasteiger partial charge on any atom is -0.451 e. The summed E-state index contributed by atoms with van der Waals surface area (Å²) in [6.07, 6.45) is -0.715. The highest BCUT2D eigenvalue weighted by Gasteiger charge is 2.21. The number of nitrogens with one attached hydrogen (secondary N) is 2. The lowest BCUT2D eigenvalue weighted by atomic mass is 10.1. The fourth-order valence-corrected chi connectivity index (χ4v) is 2.92. The topological polar surface area (TPSA) is 91.4 Å². The van der Waals surface area contributed by atoms with Gasteiger partial charge in [-0.25, -0.2) is 9.18 Å². The molecular weight excluding hydrogens is 339 g/mol. The fraction of sp³-hybridized carbons (Fsp3) is 0.368. The highest BCUT2D eigenvalue weighted by molar-refractivity contribution is 5.91. The van der Waals surface area contributed by atoms with Crippen molar-refractivity contribution in [3.05, 3.63) is 58.2 Å². The van der Waals surface area contributed by atoms with Crippen LogP contribution in [-0.4, -0.2) is 28.6 Å². The Labute approximate surface area is 151 Å². The molecule has 3 N–H and O–H groups in total. The van der Waals surface area contributed by atoms with Gasteiger partial charge in [0.05, 0.1) is 12.1 Å². The number of amides is 1. The third-order valence-corrected chi connectivity index (χ3v) is 4.20. The van der Waals surface area contributed by atoms with Gasteiger partial charge in [0.25, 0.3) is 5.91 Å². The highest BCUT2D eigenvalue weighted by atomic mass is 19.1. The molecule has 140 valence electrons. The second-order valence-electron chi connectivity index (χ2n) is 6.26. The van der Waals surface area contributed by atoms with Crippen LogP contribution in [0.3, 0.4) is 0 Å². The third kappa shape index (κ3) is 4.49. The lowest BCUT2D eigenvalue weighted by Gasteiger charge is -2.14. The van der Waals surface area contributed by atoms with Gasteiger partial charge in [-0.3, -0.25) is 4.79 Å². The molecule has 2 rings (SSSR count). The second-order valence-corrected chi connectivity index (χ2v) is 6.26. The number of H-pyrrole nitrogens is 1. The predicted molar refractivity (Wildman–Crippen MR) is 94.1 cm³/mol. The van der Waals surface area contributed by atoms with Crippen molar-refractivity contribution in [3.8, 4) is 0 Å². The molecule has 0 saturated carbocycles. The van der Waals surface area contributed by atoms with E-state index in [2.05, 4.69) is 10.3 Å². The molecule has 2 aromatic rings. The smallest absolute Gasteiger partial charge is 0.355 e. The number of aliphatic hydroxyl groups is 1. The van der Waals surface area contributed by atoms with E-state index in [1.807, 2.05) is 0 Å². The summed E-state index contributed by atoms with van der Waals surface area (Å²) < 4.78 is 18.0. The Bertz CT molecular complexity index is 797. The number of esters is 1. The Morgan fingerprint density at radius 2 is 1.85 bits per heavy atom. The van der Waals surface area contributed by atoms with Crippen LogP contribution in [0.2, 0.25) is 0 Å². The van der Waals surface area contributed by atoms with E-state index in [4.69, 9.17) is 4.74 Å². The van der Waals surface area contributed by atoms with Gasteiger partial charge < -0.3 is 20.1 Å². The lowest BCUT2D eigenvalue weighted by molar-refractivity contribution is -0.124. The van der Waals surface area contributed by atoms with Crippen molar-refractivity contribution in [2.24, 2.45) is 0 Å². The Kier molecular flexibility index (Phi) is 6.15. The van der Waals surface area contributed by atoms with Crippen molar-refractivity contribution in [1.29, 1.82) is 0 Å². The Balaban J connectivity index is 1.94. The van der Waals surface area contributed by atoms with E-state index in [-0.39, 0.29) is 17.6 Å². The molecule has 2 atom stereocenters. The summed E-state index contributed by atoms with van der Waals surface area (Å²) in [6.45, 7) is 6.39. The summed E-state index contributed by atoms with van der Waals surface area (Å²) in [5.41, 5.74) is 2.88. The summed E-state index contributed by atoms with van der Waals surface area (Å²) in [5.74, 6) is -1.48. The maximum absolute atomic E-state index is 12.9. The molecule has 1 aromatic carbocycles. The van der Waals surface area contributed by atoms with Crippen LogP contribution in [0.25, 0.3) is 0 Å². The summed E-state index contributed by atoms with van der Waals surface area (Å²) in [6, 6.07) is 5.43. The van der Waals surface area contributed by atoms with E-state index < -0.39 is 24.6 Å². The van der Waals surface area contributed by atoms with E-state index in [0.29, 0.717) is 16.8 Å². The minimum absolute atomic E-state index is 0.220. The zero-order chi connectivity index (χ0) is 19.4. The molecule has 6 nitrogen and oxygen atoms in total. The number of hydrogen-bond acceptors (Lipinski definition) is 4. The molecule has 0 aliphatic carbocycles. The zero-order valence-corrected chi connectivity index (χ0v) is 15.2. The SMILES string of the molecule is Cc1[nH]c(C(=O)OCC(=O)N[C@H](C)c2ccc(F)cc2)c(C)c1[C@H](C)O. The number of aryl methyl sites for hydroxylation is 1. The van der Waals surface area contributed by atoms with Gasteiger partial charge >= 0.3 is 5.97 Å². The van der Waals surface area contributed by atoms with E-state index in [1.54, 1.807) is 39.8 Å². The molecule has 0 aliphatic heterocycles. The van der Waals surface area contributed by atoms with E-state index in [9.17, 15) is 19.1 Å². The molecule has 26 heavy (non-hydrogen) atoms. The zero-order valence-electron chi connectivity index (χ0n) is 15.2. The van der Waals surface area contributed by atoms with Gasteiger partial charge in [0.15, 0.2) is 6.61 Å². The van der Waals surface area contributed by atoms with Crippen molar-refractivity contribution in [3.63, 3.8) is 0 Å². The van der Waals surface area contributed by atoms with Crippen LogP contribution in [0.15, 0.2) is 24.3 Å². The number of hydrogen-bond donors (Lipinski definition) is 3. The molecule has 7 heteroatoms. The van der Waals surface area contributed by atoms with Crippen LogP contribution in [0.1, 0.15) is 58.9 Å². The maximum Gasteiger partial charge on any atom is 0.355 e. The number of carbonyl (C=O) groups is 2. The monoisotopic (exact) mass is 362 g/mol. The number of aromatic nitrogens is 1. The molecule has 0 fully saturated rings. The normalized spacial score (nSPS) is 13.2. The number of carbonyl (C=O) groups excluding carboxylic acids is 2. The van der Waals surface area contributed by atoms with Gasteiger partial charge in [-0.15, -0.1) is 0 Å². The van der Waals surface area contributed by atoms with E-state index in [1.165, 1.54) is 12.1 Å². The minimum atomic E-state index is -0.715. The van der Waals surface area contributed by atoms with Crippen LogP contribution in [0.4, 0.5) is 4.39 Å². The summed E-state index contributed by atoms with van der Waals surface area (Å²) in [5, 5.41) is 12.4. The molecule has 0 radical (unpaired) electrons. The van der Waals surface area contributed by atoms with Gasteiger partial charge in [-0.2, -0.15) is 0 Å². The number of aliphatic hydroxyl groups excluding tert-OH is 1. The van der Waals surface area contributed by atoms with E-state index >= 15 is 0 Å². The highest BCUT2D eigenvalue weighted by Crippen LogP contribution is 2.24. The van der Waals surface area contributed by atoms with Gasteiger partial charge in [-0.1, -0.05) is 12.1 Å². The molecule has 0 aliphatic rings. The molecule has 0 saturated heterocycles. The Morgan fingerprint density at radius 3 is 2.38 bits per heavy atom. The molecule has 0 spiro atoms. The van der Waals surface area contributed by atoms with Crippen molar-refractivity contribution < 1.29 is 23.8 Å². The first kappa shape index (κ1) is 19.7. The quantitative estimate of drug-likeness (QED) is 0.689. The summed E-state index contributed by atoms with van der Waals surface area (Å²) >= 11 is 0. The summed E-state index contributed by atoms with van der Waals surface area (Å²) in [4.78, 5) is 27.1. The molecule has 1 amide bonds. The molecular formula is C19H23FN2O4. The van der Waals surface area contributed by atoms with Crippen molar-refractivity contribution >= 4 is 11.9 Å². The first-order chi connectivity index (χ1) is 12.2. The van der Waals surface area contributed by atoms with Crippen molar-refractivity contribution in [1.82, 2.24) is 10.3 Å². The standard InChI is InChI=1S/C19H23FN2O4/c1-10-17(13(4)23)12(3)22-18(10)19(25)26-9-16(24)21-11(2)14-5-7-15(20)8-6-14/h5-8,11,13,22-23H,9H2,1-4H3,(H,21,24)/t11-,13+/m1/s1. The number of aromatic amines is 1. The van der Waals surface area contributed by atoms with Crippen LogP contribution >= 0.6 is 0 Å². The molecule has 0 bridgehead atoms. The molecule has 0 unspecified atom stereocenters. The Morgan fingerprint density at radius 1 is 1.23 bits per heavy atom. The first-order valence-corrected chi connectivity index (χ1v) is 8.29. The van der Waals surface area contributed by atoms with E-state index in [0.717, 1.165) is 5.56 Å². The van der Waals surface area contributed by atoms with Gasteiger partial charge in [0.1, 0.15) is 11.5 Å². The van der Waals surface area contributed by atoms with Crippen LogP contribution in [0, 0.1) is 19.7 Å².